The number of para-hydroxylation sites is 1. The van der Waals surface area contributed by atoms with E-state index >= 15 is 0 Å². The fraction of sp³-hybridized carbons (Fsp3) is 0.316. The van der Waals surface area contributed by atoms with Crippen molar-refractivity contribution in [3.05, 3.63) is 42.1 Å². The lowest BCUT2D eigenvalue weighted by Crippen LogP contribution is -2.49. The second-order valence-corrected chi connectivity index (χ2v) is 6.79. The minimum atomic E-state index is -0.559. The van der Waals surface area contributed by atoms with E-state index < -0.39 is 6.09 Å². The largest absolute Gasteiger partial charge is 0.528 e. The van der Waals surface area contributed by atoms with E-state index in [9.17, 15) is 4.79 Å². The lowest BCUT2D eigenvalue weighted by molar-refractivity contribution is 0.170. The first-order valence-electron chi connectivity index (χ1n) is 9.19. The van der Waals surface area contributed by atoms with E-state index in [0.717, 1.165) is 0 Å². The molecule has 0 fully saturated rings. The van der Waals surface area contributed by atoms with Gasteiger partial charge in [-0.25, -0.2) is 0 Å². The molecule has 0 aliphatic heterocycles. The highest BCUT2D eigenvalue weighted by Gasteiger charge is 2.36. The minimum absolute atomic E-state index is 0.171. The van der Waals surface area contributed by atoms with Crippen molar-refractivity contribution in [3.63, 3.8) is 0 Å². The summed E-state index contributed by atoms with van der Waals surface area (Å²) in [6.45, 7) is 2.73. The zero-order valence-corrected chi connectivity index (χ0v) is 17.2. The number of nitrogens with one attached hydrogen (secondary N) is 2. The van der Waals surface area contributed by atoms with Crippen LogP contribution in [-0.4, -0.2) is 60.6 Å². The Kier molecular flexibility index (Phi) is 6.54. The molecular formula is C19H24N7O4+. The molecule has 30 heavy (non-hydrogen) atoms. The third kappa shape index (κ3) is 5.27. The van der Waals surface area contributed by atoms with Crippen molar-refractivity contribution in [3.8, 4) is 5.75 Å². The van der Waals surface area contributed by atoms with Crippen molar-refractivity contribution in [2.45, 2.75) is 6.92 Å². The van der Waals surface area contributed by atoms with E-state index in [-0.39, 0.29) is 22.3 Å². The van der Waals surface area contributed by atoms with Crippen LogP contribution in [0.4, 0.5) is 28.5 Å². The molecule has 0 bridgehead atoms. The predicted octanol–water partition coefficient (Wildman–Crippen LogP) is 2.74. The van der Waals surface area contributed by atoms with Gasteiger partial charge in [0.1, 0.15) is 5.75 Å². The second kappa shape index (κ2) is 9.29. The first-order valence-corrected chi connectivity index (χ1v) is 9.19. The van der Waals surface area contributed by atoms with Gasteiger partial charge in [-0.05, 0) is 19.1 Å². The smallest absolute Gasteiger partial charge is 0.383 e. The number of ether oxygens (including phenoxy) is 2. The first kappa shape index (κ1) is 21.1. The zero-order chi connectivity index (χ0) is 21.6. The van der Waals surface area contributed by atoms with Gasteiger partial charge < -0.3 is 19.3 Å². The molecule has 3 rings (SSSR count). The molecule has 0 spiro atoms. The Morgan fingerprint density at radius 3 is 2.53 bits per heavy atom. The Labute approximate surface area is 173 Å². The first-order chi connectivity index (χ1) is 14.4. The van der Waals surface area contributed by atoms with E-state index in [1.807, 2.05) is 6.07 Å². The number of methoxy groups -OCH3 is 1. The van der Waals surface area contributed by atoms with Crippen molar-refractivity contribution in [2.75, 3.05) is 45.0 Å². The molecule has 0 unspecified atom stereocenters. The number of carbonyl (C=O) groups excluding carboxylic acids is 1. The lowest BCUT2D eigenvalue weighted by Gasteiger charge is -2.22. The highest BCUT2D eigenvalue weighted by atomic mass is 16.6. The number of amides is 1. The van der Waals surface area contributed by atoms with Crippen molar-refractivity contribution >= 4 is 29.8 Å². The second-order valence-electron chi connectivity index (χ2n) is 6.79. The van der Waals surface area contributed by atoms with E-state index in [1.54, 1.807) is 58.5 Å². The molecule has 1 amide bonds. The van der Waals surface area contributed by atoms with Crippen LogP contribution >= 0.6 is 0 Å². The molecule has 3 aromatic rings. The maximum Gasteiger partial charge on any atom is 0.528 e. The van der Waals surface area contributed by atoms with Crippen LogP contribution in [0.2, 0.25) is 0 Å². The molecule has 2 N–H and O–H groups in total. The number of benzene rings is 1. The monoisotopic (exact) mass is 414 g/mol. The molecule has 2 aromatic heterocycles. The zero-order valence-electron chi connectivity index (χ0n) is 17.2. The summed E-state index contributed by atoms with van der Waals surface area (Å²) >= 11 is 0. The fourth-order valence-electron chi connectivity index (χ4n) is 2.33. The van der Waals surface area contributed by atoms with Gasteiger partial charge in [0.2, 0.25) is 17.8 Å². The fourth-order valence-corrected chi connectivity index (χ4v) is 2.33. The summed E-state index contributed by atoms with van der Waals surface area (Å²) in [5.74, 6) is 1.43. The van der Waals surface area contributed by atoms with Crippen LogP contribution in [0.25, 0.3) is 0 Å². The molecule has 11 nitrogen and oxygen atoms in total. The maximum absolute atomic E-state index is 12.8. The molecule has 158 valence electrons. The van der Waals surface area contributed by atoms with Gasteiger partial charge in [0.15, 0.2) is 0 Å². The highest BCUT2D eigenvalue weighted by Crippen LogP contribution is 2.22. The molecule has 0 aliphatic carbocycles. The van der Waals surface area contributed by atoms with E-state index in [4.69, 9.17) is 14.0 Å². The van der Waals surface area contributed by atoms with E-state index in [1.165, 1.54) is 0 Å². The Balaban J connectivity index is 1.88. The van der Waals surface area contributed by atoms with Gasteiger partial charge in [0.25, 0.3) is 0 Å². The number of aromatic nitrogens is 4. The standard InChI is InChI=1S/C19H24N7O4/c1-13-12-15(30-25-13)21-17-22-16(20-10-11-28-4)23-18(24-17)26(2,3)19(27)29-14-8-6-5-7-9-14/h5-9,12H,10-11H2,1-4H3,(H2,20,21,22,23,24)/q+1. The molecule has 11 heteroatoms. The molecule has 0 radical (unpaired) electrons. The quantitative estimate of drug-likeness (QED) is 0.420. The molecule has 2 heterocycles. The molecule has 1 aromatic carbocycles. The molecule has 0 saturated carbocycles. The summed E-state index contributed by atoms with van der Waals surface area (Å²) in [6.07, 6.45) is -0.559. The van der Waals surface area contributed by atoms with Gasteiger partial charge in [-0.3, -0.25) is 5.32 Å². The van der Waals surface area contributed by atoms with Gasteiger partial charge >= 0.3 is 12.0 Å². The molecule has 0 atom stereocenters. The number of anilines is 3. The predicted molar refractivity (Wildman–Crippen MR) is 111 cm³/mol. The maximum atomic E-state index is 12.8. The summed E-state index contributed by atoms with van der Waals surface area (Å²) in [6, 6.07) is 10.5. The third-order valence-electron chi connectivity index (χ3n) is 3.98. The lowest BCUT2D eigenvalue weighted by atomic mass is 10.3. The summed E-state index contributed by atoms with van der Waals surface area (Å²) in [7, 11) is 4.85. The summed E-state index contributed by atoms with van der Waals surface area (Å²) in [4.78, 5) is 25.9. The normalized spacial score (nSPS) is 11.2. The highest BCUT2D eigenvalue weighted by molar-refractivity contribution is 5.81. The van der Waals surface area contributed by atoms with Gasteiger partial charge in [0.05, 0.1) is 26.4 Å². The minimum Gasteiger partial charge on any atom is -0.383 e. The van der Waals surface area contributed by atoms with E-state index in [2.05, 4.69) is 30.7 Å². The van der Waals surface area contributed by atoms with Gasteiger partial charge in [-0.1, -0.05) is 23.4 Å². The number of nitrogens with zero attached hydrogens (tertiary/aromatic N) is 5. The van der Waals surface area contributed by atoms with Crippen LogP contribution in [-0.2, 0) is 4.74 Å². The van der Waals surface area contributed by atoms with Gasteiger partial charge in [-0.15, -0.1) is 9.97 Å². The van der Waals surface area contributed by atoms with Crippen LogP contribution < -0.4 is 19.9 Å². The summed E-state index contributed by atoms with van der Waals surface area (Å²) < 4.78 is 15.3. The van der Waals surface area contributed by atoms with Crippen molar-refractivity contribution in [2.24, 2.45) is 0 Å². The molecular weight excluding hydrogens is 390 g/mol. The number of carbonyl (C=O) groups is 1. The van der Waals surface area contributed by atoms with Gasteiger partial charge in [-0.2, -0.15) is 14.3 Å². The third-order valence-corrected chi connectivity index (χ3v) is 3.98. The summed E-state index contributed by atoms with van der Waals surface area (Å²) in [5, 5.41) is 9.80. The van der Waals surface area contributed by atoms with Crippen LogP contribution in [0.1, 0.15) is 5.69 Å². The average molecular weight is 414 g/mol. The number of aryl methyl sites for hydroxylation is 1. The van der Waals surface area contributed by atoms with Crippen LogP contribution in [0.3, 0.4) is 0 Å². The molecule has 0 saturated heterocycles. The van der Waals surface area contributed by atoms with Crippen molar-refractivity contribution in [1.82, 2.24) is 24.6 Å². The summed E-state index contributed by atoms with van der Waals surface area (Å²) in [5.41, 5.74) is 0.702. The van der Waals surface area contributed by atoms with Crippen LogP contribution in [0, 0.1) is 6.92 Å². The van der Waals surface area contributed by atoms with Crippen molar-refractivity contribution in [1.29, 1.82) is 0 Å². The molecule has 0 aliphatic rings. The SMILES string of the molecule is COCCNc1nc(Nc2cc(C)no2)nc([N+](C)(C)C(=O)Oc2ccccc2)n1. The Morgan fingerprint density at radius 2 is 1.87 bits per heavy atom. The van der Waals surface area contributed by atoms with Gasteiger partial charge in [0, 0.05) is 19.7 Å². The van der Waals surface area contributed by atoms with Crippen LogP contribution in [0.5, 0.6) is 5.75 Å². The Morgan fingerprint density at radius 1 is 1.13 bits per heavy atom. The van der Waals surface area contributed by atoms with Crippen LogP contribution in [0.15, 0.2) is 40.9 Å². The van der Waals surface area contributed by atoms with E-state index in [0.29, 0.717) is 30.5 Å². The average Bonchev–Trinajstić information content (AvgIpc) is 3.13. The van der Waals surface area contributed by atoms with Crippen molar-refractivity contribution < 1.29 is 18.8 Å². The number of quaternary nitrogens is 1. The Bertz CT molecular complexity index is 992. The topological polar surface area (TPSA) is 124 Å². The number of hydrogen-bond acceptors (Lipinski definition) is 10. The number of hydrogen-bond donors (Lipinski definition) is 2. The Hall–Kier alpha value is -3.57. The number of rotatable bonds is 8.